The highest BCUT2D eigenvalue weighted by molar-refractivity contribution is 6.05. The van der Waals surface area contributed by atoms with Crippen LogP contribution in [0.4, 0.5) is 0 Å². The normalized spacial score (nSPS) is 16.7. The van der Waals surface area contributed by atoms with Gasteiger partial charge in [-0.25, -0.2) is 0 Å². The summed E-state index contributed by atoms with van der Waals surface area (Å²) in [5.41, 5.74) is 1.44. The average Bonchev–Trinajstić information content (AvgIpc) is 2.79. The van der Waals surface area contributed by atoms with Crippen LogP contribution in [0, 0.1) is 0 Å². The molecule has 0 bridgehead atoms. The number of aryl methyl sites for hydroxylation is 1. The minimum absolute atomic E-state index is 0.0174. The van der Waals surface area contributed by atoms with Gasteiger partial charge in [0.1, 0.15) is 5.52 Å². The Morgan fingerprint density at radius 2 is 2.21 bits per heavy atom. The molecule has 0 saturated carbocycles. The predicted molar refractivity (Wildman–Crippen MR) is 74.1 cm³/mol. The molecule has 2 aromatic rings. The Hall–Kier alpha value is -1.88. The van der Waals surface area contributed by atoms with Gasteiger partial charge in [-0.2, -0.15) is 5.10 Å². The second-order valence-corrected chi connectivity index (χ2v) is 5.04. The van der Waals surface area contributed by atoms with E-state index in [2.05, 4.69) is 15.7 Å². The molecule has 19 heavy (non-hydrogen) atoms. The lowest BCUT2D eigenvalue weighted by Gasteiger charge is -2.23. The summed E-state index contributed by atoms with van der Waals surface area (Å²) in [5, 5.41) is 11.8. The molecule has 1 aromatic carbocycles. The van der Waals surface area contributed by atoms with E-state index in [1.807, 2.05) is 31.4 Å². The van der Waals surface area contributed by atoms with Crippen LogP contribution in [0.25, 0.3) is 10.9 Å². The lowest BCUT2D eigenvalue weighted by molar-refractivity contribution is 0.0931. The third-order valence-corrected chi connectivity index (χ3v) is 3.57. The fourth-order valence-electron chi connectivity index (χ4n) is 2.58. The molecule has 0 radical (unpaired) electrons. The van der Waals surface area contributed by atoms with Crippen LogP contribution < -0.4 is 10.6 Å². The second-order valence-electron chi connectivity index (χ2n) is 5.04. The maximum Gasteiger partial charge on any atom is 0.253 e. The molecule has 0 aliphatic carbocycles. The van der Waals surface area contributed by atoms with Gasteiger partial charge in [-0.3, -0.25) is 9.48 Å². The molecular formula is C14H18N4O. The van der Waals surface area contributed by atoms with Gasteiger partial charge in [0.25, 0.3) is 5.91 Å². The quantitative estimate of drug-likeness (QED) is 0.846. The summed E-state index contributed by atoms with van der Waals surface area (Å²) in [4.78, 5) is 12.4. The number of rotatable bonds is 2. The number of hydrogen-bond acceptors (Lipinski definition) is 3. The van der Waals surface area contributed by atoms with Gasteiger partial charge in [0.2, 0.25) is 0 Å². The van der Waals surface area contributed by atoms with Crippen molar-refractivity contribution in [3.05, 3.63) is 30.0 Å². The van der Waals surface area contributed by atoms with Crippen molar-refractivity contribution in [2.24, 2.45) is 7.05 Å². The highest BCUT2D eigenvalue weighted by Crippen LogP contribution is 2.17. The Morgan fingerprint density at radius 3 is 3.00 bits per heavy atom. The SMILES string of the molecule is Cn1cc2cccc(C(=O)NC3CCNCC3)c2n1. The molecule has 1 fully saturated rings. The van der Waals surface area contributed by atoms with Crippen LogP contribution in [-0.4, -0.2) is 34.8 Å². The van der Waals surface area contributed by atoms with E-state index in [9.17, 15) is 4.79 Å². The zero-order chi connectivity index (χ0) is 13.2. The smallest absolute Gasteiger partial charge is 0.253 e. The first-order valence-electron chi connectivity index (χ1n) is 6.68. The van der Waals surface area contributed by atoms with Gasteiger partial charge in [0.15, 0.2) is 0 Å². The third kappa shape index (κ3) is 2.46. The van der Waals surface area contributed by atoms with Crippen molar-refractivity contribution in [1.82, 2.24) is 20.4 Å². The second kappa shape index (κ2) is 5.01. The number of carbonyl (C=O) groups excluding carboxylic acids is 1. The number of nitrogens with zero attached hydrogens (tertiary/aromatic N) is 2. The van der Waals surface area contributed by atoms with Gasteiger partial charge in [-0.1, -0.05) is 12.1 Å². The molecule has 100 valence electrons. The van der Waals surface area contributed by atoms with Crippen LogP contribution in [-0.2, 0) is 7.05 Å². The molecule has 5 nitrogen and oxygen atoms in total. The van der Waals surface area contributed by atoms with Gasteiger partial charge >= 0.3 is 0 Å². The fraction of sp³-hybridized carbons (Fsp3) is 0.429. The zero-order valence-corrected chi connectivity index (χ0v) is 11.0. The number of piperidine rings is 1. The van der Waals surface area contributed by atoms with Gasteiger partial charge in [0, 0.05) is 24.7 Å². The first-order valence-corrected chi connectivity index (χ1v) is 6.68. The van der Waals surface area contributed by atoms with Gasteiger partial charge < -0.3 is 10.6 Å². The van der Waals surface area contributed by atoms with Crippen molar-refractivity contribution >= 4 is 16.8 Å². The van der Waals surface area contributed by atoms with Crippen molar-refractivity contribution in [3.8, 4) is 0 Å². The molecule has 0 unspecified atom stereocenters. The van der Waals surface area contributed by atoms with E-state index < -0.39 is 0 Å². The summed E-state index contributed by atoms with van der Waals surface area (Å²) in [6.45, 7) is 1.94. The number of fused-ring (bicyclic) bond motifs is 1. The first kappa shape index (κ1) is 12.2. The number of amides is 1. The molecule has 1 aromatic heterocycles. The number of nitrogens with one attached hydrogen (secondary N) is 2. The molecule has 2 heterocycles. The predicted octanol–water partition coefficient (Wildman–Crippen LogP) is 1.06. The summed E-state index contributed by atoms with van der Waals surface area (Å²) in [6.07, 6.45) is 3.91. The molecule has 1 aliphatic heterocycles. The number of hydrogen-bond donors (Lipinski definition) is 2. The van der Waals surface area contributed by atoms with Gasteiger partial charge in [-0.05, 0) is 32.0 Å². The molecule has 1 aliphatic rings. The Bertz CT molecular complexity index is 599. The molecule has 2 N–H and O–H groups in total. The van der Waals surface area contributed by atoms with Crippen molar-refractivity contribution in [1.29, 1.82) is 0 Å². The van der Waals surface area contributed by atoms with Crippen LogP contribution in [0.1, 0.15) is 23.2 Å². The zero-order valence-electron chi connectivity index (χ0n) is 11.0. The number of aromatic nitrogens is 2. The van der Waals surface area contributed by atoms with Crippen LogP contribution >= 0.6 is 0 Å². The highest BCUT2D eigenvalue weighted by Gasteiger charge is 2.18. The maximum absolute atomic E-state index is 12.4. The van der Waals surface area contributed by atoms with Crippen LogP contribution in [0.2, 0.25) is 0 Å². The minimum atomic E-state index is -0.0174. The lowest BCUT2D eigenvalue weighted by Crippen LogP contribution is -2.42. The summed E-state index contributed by atoms with van der Waals surface area (Å²) >= 11 is 0. The molecule has 5 heteroatoms. The van der Waals surface area contributed by atoms with E-state index in [-0.39, 0.29) is 11.9 Å². The van der Waals surface area contributed by atoms with E-state index >= 15 is 0 Å². The standard InChI is InChI=1S/C14H18N4O/c1-18-9-10-3-2-4-12(13(10)17-18)14(19)16-11-5-7-15-8-6-11/h2-4,9,11,15H,5-8H2,1H3,(H,16,19). The largest absolute Gasteiger partial charge is 0.349 e. The summed E-state index contributed by atoms with van der Waals surface area (Å²) in [6, 6.07) is 5.99. The molecular weight excluding hydrogens is 240 g/mol. The van der Waals surface area contributed by atoms with E-state index in [4.69, 9.17) is 0 Å². The van der Waals surface area contributed by atoms with E-state index in [0.717, 1.165) is 36.8 Å². The third-order valence-electron chi connectivity index (χ3n) is 3.57. The fourth-order valence-corrected chi connectivity index (χ4v) is 2.58. The van der Waals surface area contributed by atoms with E-state index in [1.165, 1.54) is 0 Å². The molecule has 0 spiro atoms. The van der Waals surface area contributed by atoms with Gasteiger partial charge in [-0.15, -0.1) is 0 Å². The maximum atomic E-state index is 12.4. The Kier molecular flexibility index (Phi) is 3.21. The molecule has 1 amide bonds. The van der Waals surface area contributed by atoms with Gasteiger partial charge in [0.05, 0.1) is 5.56 Å². The highest BCUT2D eigenvalue weighted by atomic mass is 16.1. The first-order chi connectivity index (χ1) is 9.24. The Labute approximate surface area is 112 Å². The van der Waals surface area contributed by atoms with Crippen molar-refractivity contribution in [2.45, 2.75) is 18.9 Å². The average molecular weight is 258 g/mol. The van der Waals surface area contributed by atoms with Crippen molar-refractivity contribution in [3.63, 3.8) is 0 Å². The van der Waals surface area contributed by atoms with Crippen LogP contribution in [0.5, 0.6) is 0 Å². The Morgan fingerprint density at radius 1 is 1.42 bits per heavy atom. The summed E-state index contributed by atoms with van der Waals surface area (Å²) in [5.74, 6) is -0.0174. The van der Waals surface area contributed by atoms with E-state index in [1.54, 1.807) is 4.68 Å². The minimum Gasteiger partial charge on any atom is -0.349 e. The molecule has 3 rings (SSSR count). The molecule has 0 atom stereocenters. The monoisotopic (exact) mass is 258 g/mol. The van der Waals surface area contributed by atoms with Crippen LogP contribution in [0.3, 0.4) is 0 Å². The topological polar surface area (TPSA) is 59.0 Å². The Balaban J connectivity index is 1.84. The van der Waals surface area contributed by atoms with Crippen molar-refractivity contribution < 1.29 is 4.79 Å². The number of benzene rings is 1. The number of carbonyl (C=O) groups is 1. The summed E-state index contributed by atoms with van der Waals surface area (Å²) < 4.78 is 1.74. The van der Waals surface area contributed by atoms with Crippen LogP contribution in [0.15, 0.2) is 24.4 Å². The lowest BCUT2D eigenvalue weighted by atomic mass is 10.1. The van der Waals surface area contributed by atoms with Crippen molar-refractivity contribution in [2.75, 3.05) is 13.1 Å². The summed E-state index contributed by atoms with van der Waals surface area (Å²) in [7, 11) is 1.87. The van der Waals surface area contributed by atoms with E-state index in [0.29, 0.717) is 5.56 Å². The molecule has 1 saturated heterocycles.